The summed E-state index contributed by atoms with van der Waals surface area (Å²) in [5, 5.41) is 30.0. The number of nitrogen functional groups attached to an aromatic ring is 1. The minimum atomic E-state index is -0.879. The predicted molar refractivity (Wildman–Crippen MR) is 272 cm³/mol. The number of likely N-dealkylation sites (tertiary alicyclic amines) is 1. The summed E-state index contributed by atoms with van der Waals surface area (Å²) >= 11 is 0. The number of likely N-dealkylation sites (N-methyl/N-ethyl adjacent to an activating group) is 1. The first-order chi connectivity index (χ1) is 35.3. The van der Waals surface area contributed by atoms with Crippen LogP contribution in [0.25, 0.3) is 11.3 Å². The highest BCUT2D eigenvalue weighted by Crippen LogP contribution is 2.34. The Balaban J connectivity index is 0.977. The van der Waals surface area contributed by atoms with Crippen molar-refractivity contribution in [2.24, 2.45) is 5.41 Å². The molecule has 2 aliphatic heterocycles. The zero-order chi connectivity index (χ0) is 53.7. The Kier molecular flexibility index (Phi) is 19.6. The van der Waals surface area contributed by atoms with E-state index in [2.05, 4.69) is 47.7 Å². The van der Waals surface area contributed by atoms with E-state index >= 15 is 0 Å². The highest BCUT2D eigenvalue weighted by Gasteiger charge is 2.45. The Morgan fingerprint density at radius 3 is 2.46 bits per heavy atom. The normalized spacial score (nSPS) is 17.8. The molecule has 5 amide bonds. The largest absolute Gasteiger partial charge is 0.467 e. The van der Waals surface area contributed by atoms with Crippen LogP contribution in [0.4, 0.5) is 10.2 Å². The molecule has 6 atom stereocenters. The number of ether oxygens (including phenoxy) is 3. The second-order valence-electron chi connectivity index (χ2n) is 19.5. The summed E-state index contributed by atoms with van der Waals surface area (Å²) in [5.41, 5.74) is 7.93. The fourth-order valence-corrected chi connectivity index (χ4v) is 8.85. The number of nitrogens with one attached hydrogen (secondary N) is 5. The van der Waals surface area contributed by atoms with Gasteiger partial charge in [-0.25, -0.2) is 14.4 Å². The number of fused-ring (bicyclic) bond motifs is 5. The monoisotopic (exact) mass is 1020 g/mol. The molecule has 1 saturated heterocycles. The number of halogens is 1. The summed E-state index contributed by atoms with van der Waals surface area (Å²) < 4.78 is 33.5. The van der Waals surface area contributed by atoms with Crippen LogP contribution < -0.4 is 37.1 Å². The lowest BCUT2D eigenvalue weighted by molar-refractivity contribution is -0.144. The van der Waals surface area contributed by atoms with Crippen molar-refractivity contribution in [2.75, 3.05) is 65.9 Å². The maximum atomic E-state index is 14.5. The summed E-state index contributed by atoms with van der Waals surface area (Å²) in [7, 11) is 3.25. The zero-order valence-electron chi connectivity index (χ0n) is 43.5. The van der Waals surface area contributed by atoms with E-state index in [1.807, 2.05) is 58.0 Å². The number of amides is 5. The number of nitriles is 1. The molecule has 2 aliphatic rings. The van der Waals surface area contributed by atoms with Crippen LogP contribution in [0.5, 0.6) is 5.88 Å². The summed E-state index contributed by atoms with van der Waals surface area (Å²) in [5.74, 6) is -2.28. The molecule has 4 heterocycles. The molecule has 0 radical (unpaired) electrons. The molecule has 4 aromatic rings. The van der Waals surface area contributed by atoms with Crippen LogP contribution in [-0.4, -0.2) is 143 Å². The molecule has 21 nitrogen and oxygen atoms in total. The summed E-state index contributed by atoms with van der Waals surface area (Å²) in [6.45, 7) is 12.9. The number of hydrogen-bond acceptors (Lipinski definition) is 15. The zero-order valence-corrected chi connectivity index (χ0v) is 43.5. The van der Waals surface area contributed by atoms with Gasteiger partial charge in [-0.3, -0.25) is 28.7 Å². The van der Waals surface area contributed by atoms with Crippen molar-refractivity contribution in [1.29, 1.82) is 5.26 Å². The van der Waals surface area contributed by atoms with E-state index < -0.39 is 41.4 Å². The van der Waals surface area contributed by atoms with Gasteiger partial charge in [-0.2, -0.15) is 10.4 Å². The quantitative estimate of drug-likeness (QED) is 0.0655. The molecule has 2 bridgehead atoms. The molecule has 74 heavy (non-hydrogen) atoms. The minimum absolute atomic E-state index is 0.0130. The van der Waals surface area contributed by atoms with E-state index in [-0.39, 0.29) is 122 Å². The van der Waals surface area contributed by atoms with Gasteiger partial charge in [0.05, 0.1) is 74.7 Å². The average molecular weight is 1020 g/mol. The molecule has 0 saturated carbocycles. The van der Waals surface area contributed by atoms with Gasteiger partial charge < -0.3 is 56.3 Å². The Labute approximate surface area is 431 Å². The van der Waals surface area contributed by atoms with Crippen molar-refractivity contribution >= 4 is 35.4 Å². The van der Waals surface area contributed by atoms with E-state index in [0.29, 0.717) is 37.3 Å². The molecular formula is C52H70FN13O8. The smallest absolute Gasteiger partial charge is 0.258 e. The number of carbonyl (C=O) groups is 5. The van der Waals surface area contributed by atoms with Crippen LogP contribution in [0.1, 0.15) is 106 Å². The highest BCUT2D eigenvalue weighted by atomic mass is 19.1. The molecule has 0 aliphatic carbocycles. The van der Waals surface area contributed by atoms with Crippen LogP contribution >= 0.6 is 0 Å². The number of hydrogen-bond donors (Lipinski definition) is 6. The van der Waals surface area contributed by atoms with Gasteiger partial charge >= 0.3 is 0 Å². The van der Waals surface area contributed by atoms with Gasteiger partial charge in [-0.1, -0.05) is 58.0 Å². The summed E-state index contributed by atoms with van der Waals surface area (Å²) in [6.07, 6.45) is 1.63. The second-order valence-corrected chi connectivity index (χ2v) is 19.5. The van der Waals surface area contributed by atoms with Crippen molar-refractivity contribution in [1.82, 2.24) is 56.1 Å². The third kappa shape index (κ3) is 14.2. The van der Waals surface area contributed by atoms with Gasteiger partial charge in [0.15, 0.2) is 11.5 Å². The van der Waals surface area contributed by atoms with E-state index in [1.165, 1.54) is 34.0 Å². The fraction of sp³-hybridized carbons (Fsp3) is 0.519. The Morgan fingerprint density at radius 2 is 1.77 bits per heavy atom. The SMILES string of the molecule is CC[C@@H](NC(=O)[C@@H]1C[C@H](NCCOCCOCCC(=O)NCCn2nc(C#N)c3c2CN(C)C(=O)c2ccc(F)cc2[C@@H](C)Oc2nc-3cnc2N)CN1C(=O)[C@@H](NC(=O)[C@H](C)NC)C(C)(C)C)c1ccccc1. The minimum Gasteiger partial charge on any atom is -0.467 e. The lowest BCUT2D eigenvalue weighted by Gasteiger charge is -2.36. The van der Waals surface area contributed by atoms with Crippen LogP contribution in [0, 0.1) is 22.6 Å². The van der Waals surface area contributed by atoms with Crippen molar-refractivity contribution in [3.63, 3.8) is 0 Å². The second kappa shape index (κ2) is 25.7. The molecule has 398 valence electrons. The number of nitrogens with two attached hydrogens (primary N) is 1. The maximum absolute atomic E-state index is 14.5. The lowest BCUT2D eigenvalue weighted by atomic mass is 9.85. The average Bonchev–Trinajstić information content (AvgIpc) is 3.97. The van der Waals surface area contributed by atoms with E-state index in [4.69, 9.17) is 19.9 Å². The molecule has 2 aromatic heterocycles. The molecule has 2 aromatic carbocycles. The molecule has 0 spiro atoms. The fourth-order valence-electron chi connectivity index (χ4n) is 8.85. The van der Waals surface area contributed by atoms with Gasteiger partial charge in [-0.05, 0) is 62.9 Å². The van der Waals surface area contributed by atoms with E-state index in [9.17, 15) is 33.6 Å². The van der Waals surface area contributed by atoms with Crippen LogP contribution in [0.3, 0.4) is 0 Å². The van der Waals surface area contributed by atoms with Crippen molar-refractivity contribution in [3.05, 3.63) is 88.6 Å². The first-order valence-corrected chi connectivity index (χ1v) is 25.0. The summed E-state index contributed by atoms with van der Waals surface area (Å²) in [6, 6.07) is 13.0. The Morgan fingerprint density at radius 1 is 1.04 bits per heavy atom. The Bertz CT molecular complexity index is 2660. The highest BCUT2D eigenvalue weighted by molar-refractivity contribution is 5.96. The van der Waals surface area contributed by atoms with Gasteiger partial charge in [0.25, 0.3) is 11.8 Å². The maximum Gasteiger partial charge on any atom is 0.258 e. The number of carbonyl (C=O) groups excluding carboxylic acids is 5. The number of rotatable bonds is 21. The Hall–Kier alpha value is -7.06. The molecule has 6 rings (SSSR count). The van der Waals surface area contributed by atoms with Gasteiger partial charge in [0.2, 0.25) is 23.6 Å². The lowest BCUT2D eigenvalue weighted by Crippen LogP contribution is -2.59. The number of benzene rings is 2. The van der Waals surface area contributed by atoms with E-state index in [0.717, 1.165) is 5.56 Å². The topological polar surface area (TPSA) is 273 Å². The van der Waals surface area contributed by atoms with Crippen LogP contribution in [-0.2, 0) is 41.7 Å². The molecule has 7 N–H and O–H groups in total. The molecule has 0 unspecified atom stereocenters. The first kappa shape index (κ1) is 56.2. The number of aromatic nitrogens is 4. The molecular weight excluding hydrogens is 954 g/mol. The van der Waals surface area contributed by atoms with Crippen molar-refractivity contribution in [3.8, 4) is 23.2 Å². The number of anilines is 1. The molecule has 22 heteroatoms. The van der Waals surface area contributed by atoms with Crippen LogP contribution in [0.15, 0.2) is 54.7 Å². The third-order valence-corrected chi connectivity index (χ3v) is 13.1. The van der Waals surface area contributed by atoms with Gasteiger partial charge in [0, 0.05) is 50.3 Å². The predicted octanol–water partition coefficient (Wildman–Crippen LogP) is 3.16. The van der Waals surface area contributed by atoms with Gasteiger partial charge in [-0.15, -0.1) is 0 Å². The first-order valence-electron chi connectivity index (χ1n) is 25.0. The third-order valence-electron chi connectivity index (χ3n) is 13.1. The number of nitrogens with zero attached hydrogens (tertiary/aromatic N) is 7. The van der Waals surface area contributed by atoms with E-state index in [1.54, 1.807) is 32.8 Å². The van der Waals surface area contributed by atoms with Gasteiger partial charge in [0.1, 0.15) is 30.1 Å². The molecule has 1 fully saturated rings. The standard InChI is InChI=1S/C52H70FN13O8/c1-9-38(33-13-11-10-12-14-33)60-48(69)41-26-35(29-65(41)51(71)45(52(4,5)6)62-47(68)31(2)56-7)57-19-22-73-24-23-72-21-17-43(67)58-18-20-66-42-30-64(8)50(70)36-16-15-34(53)25-37(36)32(3)74-49-46(55)59-28-40(61-49)44(42)39(27-54)63-66/h10-16,25,28,31-32,35,38,41,45,56-57H,9,17-24,26,29-30H2,1-8H3,(H2,55,59)(H,58,67)(H,60,69)(H,62,68)/t31-,32+,35-,38+,41-,45+/m0/s1. The van der Waals surface area contributed by atoms with Crippen molar-refractivity contribution < 1.29 is 42.6 Å². The summed E-state index contributed by atoms with van der Waals surface area (Å²) in [4.78, 5) is 80.0. The van der Waals surface area contributed by atoms with Crippen LogP contribution in [0.2, 0.25) is 0 Å². The van der Waals surface area contributed by atoms with Crippen molar-refractivity contribution in [2.45, 2.75) is 110 Å².